The van der Waals surface area contributed by atoms with Gasteiger partial charge in [0.2, 0.25) is 0 Å². The summed E-state index contributed by atoms with van der Waals surface area (Å²) in [4.78, 5) is 0. The molecule has 0 aliphatic heterocycles. The van der Waals surface area contributed by atoms with Crippen molar-refractivity contribution < 1.29 is 4.74 Å². The molecule has 0 radical (unpaired) electrons. The molecule has 2 N–H and O–H groups in total. The van der Waals surface area contributed by atoms with Gasteiger partial charge in [-0.2, -0.15) is 0 Å². The van der Waals surface area contributed by atoms with Crippen molar-refractivity contribution in [1.29, 1.82) is 0 Å². The van der Waals surface area contributed by atoms with Crippen molar-refractivity contribution in [2.75, 3.05) is 6.61 Å². The van der Waals surface area contributed by atoms with Crippen LogP contribution in [0.25, 0.3) is 0 Å². The molecule has 17 heavy (non-hydrogen) atoms. The van der Waals surface area contributed by atoms with Crippen molar-refractivity contribution in [3.05, 3.63) is 0 Å². The summed E-state index contributed by atoms with van der Waals surface area (Å²) < 4.78 is 5.91. The third-order valence-corrected chi connectivity index (χ3v) is 5.40. The molecule has 0 saturated heterocycles. The molecule has 0 aromatic rings. The molecular formula is C15H29NO. The van der Waals surface area contributed by atoms with E-state index in [1.807, 2.05) is 0 Å². The van der Waals surface area contributed by atoms with E-state index in [1.165, 1.54) is 32.1 Å². The van der Waals surface area contributed by atoms with Crippen molar-refractivity contribution in [3.63, 3.8) is 0 Å². The average molecular weight is 239 g/mol. The highest BCUT2D eigenvalue weighted by Gasteiger charge is 2.42. The van der Waals surface area contributed by atoms with Crippen molar-refractivity contribution in [2.24, 2.45) is 23.5 Å². The van der Waals surface area contributed by atoms with E-state index in [-0.39, 0.29) is 11.6 Å². The molecule has 2 rings (SSSR count). The summed E-state index contributed by atoms with van der Waals surface area (Å²) in [5.41, 5.74) is 6.32. The quantitative estimate of drug-likeness (QED) is 0.771. The number of hydrogen-bond acceptors (Lipinski definition) is 2. The number of nitrogens with two attached hydrogens (primary N) is 1. The lowest BCUT2D eigenvalue weighted by molar-refractivity contribution is -0.0524. The molecule has 100 valence electrons. The Bertz CT molecular complexity index is 255. The van der Waals surface area contributed by atoms with Gasteiger partial charge < -0.3 is 10.5 Å². The first-order chi connectivity index (χ1) is 8.09. The highest BCUT2D eigenvalue weighted by atomic mass is 16.5. The van der Waals surface area contributed by atoms with Gasteiger partial charge in [0, 0.05) is 12.6 Å². The van der Waals surface area contributed by atoms with Crippen LogP contribution in [0.2, 0.25) is 0 Å². The van der Waals surface area contributed by atoms with E-state index in [1.54, 1.807) is 0 Å². The molecular weight excluding hydrogens is 210 g/mol. The summed E-state index contributed by atoms with van der Waals surface area (Å²) in [6.45, 7) is 7.22. The molecule has 2 bridgehead atoms. The lowest BCUT2D eigenvalue weighted by atomic mass is 9.79. The minimum absolute atomic E-state index is 0.115. The first kappa shape index (κ1) is 13.4. The fourth-order valence-electron chi connectivity index (χ4n) is 4.04. The molecule has 0 aromatic heterocycles. The zero-order chi connectivity index (χ0) is 12.5. The minimum atomic E-state index is -0.115. The van der Waals surface area contributed by atoms with Gasteiger partial charge in [0.25, 0.3) is 0 Å². The van der Waals surface area contributed by atoms with Crippen molar-refractivity contribution >= 4 is 0 Å². The Balaban J connectivity index is 1.89. The summed E-state index contributed by atoms with van der Waals surface area (Å²) in [7, 11) is 0. The van der Waals surface area contributed by atoms with E-state index < -0.39 is 0 Å². The Kier molecular flexibility index (Phi) is 4.14. The van der Waals surface area contributed by atoms with E-state index in [2.05, 4.69) is 20.8 Å². The van der Waals surface area contributed by atoms with Crippen molar-refractivity contribution in [2.45, 2.75) is 70.9 Å². The van der Waals surface area contributed by atoms with Gasteiger partial charge in [0.15, 0.2) is 0 Å². The van der Waals surface area contributed by atoms with Crippen LogP contribution in [0.4, 0.5) is 0 Å². The third-order valence-electron chi connectivity index (χ3n) is 5.40. The zero-order valence-corrected chi connectivity index (χ0v) is 11.7. The smallest absolute Gasteiger partial charge is 0.0801 e. The second kappa shape index (κ2) is 5.27. The van der Waals surface area contributed by atoms with Crippen LogP contribution in [0.1, 0.15) is 59.3 Å². The van der Waals surface area contributed by atoms with Crippen LogP contribution in [0.5, 0.6) is 0 Å². The second-order valence-corrected chi connectivity index (χ2v) is 6.38. The molecule has 2 fully saturated rings. The summed E-state index contributed by atoms with van der Waals surface area (Å²) in [5.74, 6) is 2.89. The maximum atomic E-state index is 6.44. The predicted octanol–water partition coefficient (Wildman–Crippen LogP) is 3.35. The summed E-state index contributed by atoms with van der Waals surface area (Å²) in [6, 6.07) is 0.205. The fourth-order valence-corrected chi connectivity index (χ4v) is 4.04. The Morgan fingerprint density at radius 1 is 1.29 bits per heavy atom. The van der Waals surface area contributed by atoms with Gasteiger partial charge in [-0.3, -0.25) is 0 Å². The largest absolute Gasteiger partial charge is 0.374 e. The van der Waals surface area contributed by atoms with Crippen LogP contribution in [0.15, 0.2) is 0 Å². The average Bonchev–Trinajstić information content (AvgIpc) is 2.91. The van der Waals surface area contributed by atoms with Crippen LogP contribution >= 0.6 is 0 Å². The molecule has 5 unspecified atom stereocenters. The van der Waals surface area contributed by atoms with Gasteiger partial charge >= 0.3 is 0 Å². The maximum Gasteiger partial charge on any atom is 0.0801 e. The van der Waals surface area contributed by atoms with Gasteiger partial charge in [-0.05, 0) is 63.7 Å². The maximum absolute atomic E-state index is 6.44. The summed E-state index contributed by atoms with van der Waals surface area (Å²) in [5, 5.41) is 0. The lowest BCUT2D eigenvalue weighted by Gasteiger charge is -2.37. The molecule has 5 atom stereocenters. The molecule has 2 aliphatic carbocycles. The van der Waals surface area contributed by atoms with Gasteiger partial charge in [-0.25, -0.2) is 0 Å². The molecule has 2 nitrogen and oxygen atoms in total. The van der Waals surface area contributed by atoms with E-state index in [0.29, 0.717) is 0 Å². The van der Waals surface area contributed by atoms with Crippen molar-refractivity contribution in [3.8, 4) is 0 Å². The van der Waals surface area contributed by atoms with Gasteiger partial charge in [-0.15, -0.1) is 0 Å². The molecule has 0 spiro atoms. The first-order valence-electron chi connectivity index (χ1n) is 7.48. The normalized spacial score (nSPS) is 37.1. The van der Waals surface area contributed by atoms with Crippen LogP contribution in [0.3, 0.4) is 0 Å². The predicted molar refractivity (Wildman–Crippen MR) is 71.9 cm³/mol. The van der Waals surface area contributed by atoms with E-state index in [4.69, 9.17) is 10.5 Å². The van der Waals surface area contributed by atoms with Crippen LogP contribution in [-0.2, 0) is 4.74 Å². The Labute approximate surface area is 106 Å². The highest BCUT2D eigenvalue weighted by molar-refractivity contribution is 4.95. The highest BCUT2D eigenvalue weighted by Crippen LogP contribution is 2.50. The topological polar surface area (TPSA) is 35.2 Å². The molecule has 2 saturated carbocycles. The van der Waals surface area contributed by atoms with Crippen LogP contribution < -0.4 is 5.73 Å². The fraction of sp³-hybridized carbons (Fsp3) is 1.00. The van der Waals surface area contributed by atoms with Gasteiger partial charge in [-0.1, -0.05) is 13.3 Å². The van der Waals surface area contributed by atoms with E-state index in [9.17, 15) is 0 Å². The number of hydrogen-bond donors (Lipinski definition) is 1. The Morgan fingerprint density at radius 2 is 2.06 bits per heavy atom. The number of rotatable bonds is 6. The van der Waals surface area contributed by atoms with Crippen molar-refractivity contribution in [1.82, 2.24) is 0 Å². The molecule has 0 aromatic carbocycles. The lowest BCUT2D eigenvalue weighted by Crippen LogP contribution is -2.48. The molecule has 2 heteroatoms. The summed E-state index contributed by atoms with van der Waals surface area (Å²) in [6.07, 6.45) is 8.04. The molecule has 0 amide bonds. The molecule has 2 aliphatic rings. The SMILES string of the molecule is CCOC(C)(CC)C(N)CC1CC2CCC1C2. The van der Waals surface area contributed by atoms with E-state index in [0.717, 1.165) is 30.8 Å². The second-order valence-electron chi connectivity index (χ2n) is 6.38. The van der Waals surface area contributed by atoms with E-state index >= 15 is 0 Å². The first-order valence-corrected chi connectivity index (χ1v) is 7.48. The van der Waals surface area contributed by atoms with Gasteiger partial charge in [0.1, 0.15) is 0 Å². The van der Waals surface area contributed by atoms with Crippen LogP contribution in [-0.4, -0.2) is 18.2 Å². The third kappa shape index (κ3) is 2.68. The Morgan fingerprint density at radius 3 is 2.53 bits per heavy atom. The molecule has 0 heterocycles. The monoisotopic (exact) mass is 239 g/mol. The Hall–Kier alpha value is -0.0800. The van der Waals surface area contributed by atoms with Gasteiger partial charge in [0.05, 0.1) is 5.60 Å². The number of fused-ring (bicyclic) bond motifs is 2. The zero-order valence-electron chi connectivity index (χ0n) is 11.7. The minimum Gasteiger partial charge on any atom is -0.374 e. The summed E-state index contributed by atoms with van der Waals surface area (Å²) >= 11 is 0. The number of ether oxygens (including phenoxy) is 1. The standard InChI is InChI=1S/C15H29NO/c1-4-15(3,17-5-2)14(16)10-13-9-11-6-7-12(13)8-11/h11-14H,4-10,16H2,1-3H3. The van der Waals surface area contributed by atoms with Crippen LogP contribution in [0, 0.1) is 17.8 Å².